The van der Waals surface area contributed by atoms with Crippen LogP contribution in [0.4, 0.5) is 0 Å². The zero-order valence-corrected chi connectivity index (χ0v) is 15.4. The summed E-state index contributed by atoms with van der Waals surface area (Å²) in [6, 6.07) is 0.677. The Bertz CT molecular complexity index is 258. The molecule has 0 aromatic heterocycles. The molecule has 1 aliphatic rings. The Kier molecular flexibility index (Phi) is 8.89. The maximum Gasteiger partial charge on any atom is 0.0329 e. The van der Waals surface area contributed by atoms with Crippen LogP contribution >= 0.6 is 0 Å². The van der Waals surface area contributed by atoms with Gasteiger partial charge in [0, 0.05) is 24.7 Å². The summed E-state index contributed by atoms with van der Waals surface area (Å²) in [5, 5.41) is 3.82. The van der Waals surface area contributed by atoms with Gasteiger partial charge in [-0.05, 0) is 31.7 Å². The van der Waals surface area contributed by atoms with Crippen LogP contribution in [-0.4, -0.2) is 36.1 Å². The number of rotatable bonds is 10. The molecule has 0 saturated carbocycles. The van der Waals surface area contributed by atoms with Gasteiger partial charge in [-0.2, -0.15) is 0 Å². The van der Waals surface area contributed by atoms with Gasteiger partial charge in [-0.3, -0.25) is 4.90 Å². The lowest BCUT2D eigenvalue weighted by molar-refractivity contribution is 0.0211. The monoisotopic (exact) mass is 296 g/mol. The third kappa shape index (κ3) is 5.56. The van der Waals surface area contributed by atoms with Crippen LogP contribution in [-0.2, 0) is 0 Å². The molecule has 0 aliphatic carbocycles. The maximum atomic E-state index is 3.82. The van der Waals surface area contributed by atoms with Crippen LogP contribution in [0.1, 0.15) is 86.0 Å². The van der Waals surface area contributed by atoms with Crippen LogP contribution in [0.3, 0.4) is 0 Å². The minimum atomic E-state index is 0.412. The molecule has 0 aromatic rings. The lowest BCUT2D eigenvalue weighted by atomic mass is 9.85. The van der Waals surface area contributed by atoms with E-state index in [-0.39, 0.29) is 0 Å². The molecule has 0 aromatic carbocycles. The Balaban J connectivity index is 2.46. The van der Waals surface area contributed by atoms with Crippen LogP contribution in [0.2, 0.25) is 0 Å². The van der Waals surface area contributed by atoms with Gasteiger partial charge in [-0.1, -0.05) is 66.7 Å². The van der Waals surface area contributed by atoms with Crippen molar-refractivity contribution < 1.29 is 0 Å². The topological polar surface area (TPSA) is 15.3 Å². The van der Waals surface area contributed by atoms with Gasteiger partial charge in [-0.25, -0.2) is 0 Å². The molecule has 2 nitrogen and oxygen atoms in total. The van der Waals surface area contributed by atoms with Gasteiger partial charge in [0.05, 0.1) is 0 Å². The zero-order chi connectivity index (χ0) is 15.7. The van der Waals surface area contributed by atoms with Gasteiger partial charge >= 0.3 is 0 Å². The van der Waals surface area contributed by atoms with E-state index >= 15 is 0 Å². The predicted octanol–water partition coefficient (Wildman–Crippen LogP) is 4.84. The second-order valence-electron chi connectivity index (χ2n) is 7.38. The van der Waals surface area contributed by atoms with Gasteiger partial charge in [0.15, 0.2) is 0 Å². The number of unbranched alkanes of at least 4 members (excludes halogenated alkanes) is 5. The van der Waals surface area contributed by atoms with E-state index in [1.807, 2.05) is 0 Å². The zero-order valence-electron chi connectivity index (χ0n) is 15.4. The fraction of sp³-hybridized carbons (Fsp3) is 1.00. The van der Waals surface area contributed by atoms with Crippen molar-refractivity contribution in [3.05, 3.63) is 0 Å². The Hall–Kier alpha value is -0.0800. The van der Waals surface area contributed by atoms with Crippen LogP contribution in [0.15, 0.2) is 0 Å². The largest absolute Gasteiger partial charge is 0.311 e. The Labute approximate surface area is 134 Å². The van der Waals surface area contributed by atoms with E-state index in [1.165, 1.54) is 71.0 Å². The average molecular weight is 297 g/mol. The van der Waals surface area contributed by atoms with Gasteiger partial charge in [0.25, 0.3) is 0 Å². The molecule has 1 rings (SSSR count). The number of hydrogen-bond acceptors (Lipinski definition) is 2. The van der Waals surface area contributed by atoms with Gasteiger partial charge in [-0.15, -0.1) is 0 Å². The van der Waals surface area contributed by atoms with Gasteiger partial charge in [0.2, 0.25) is 0 Å². The number of nitrogens with one attached hydrogen (secondary N) is 1. The van der Waals surface area contributed by atoms with Crippen LogP contribution in [0.25, 0.3) is 0 Å². The molecule has 1 atom stereocenters. The maximum absolute atomic E-state index is 3.82. The number of hydrogen-bond donors (Lipinski definition) is 1. The highest BCUT2D eigenvalue weighted by Gasteiger charge is 2.38. The minimum Gasteiger partial charge on any atom is -0.311 e. The summed E-state index contributed by atoms with van der Waals surface area (Å²) in [6.07, 6.45) is 11.0. The van der Waals surface area contributed by atoms with E-state index in [1.54, 1.807) is 0 Å². The summed E-state index contributed by atoms with van der Waals surface area (Å²) < 4.78 is 0. The molecule has 0 amide bonds. The Morgan fingerprint density at radius 3 is 2.19 bits per heavy atom. The normalized spacial score (nSPS) is 22.9. The fourth-order valence-corrected chi connectivity index (χ4v) is 3.73. The van der Waals surface area contributed by atoms with E-state index in [0.29, 0.717) is 11.6 Å². The molecule has 1 heterocycles. The SMILES string of the molecule is CCCCCCCCN1CC(C(C)C)NCC1(CC)CC. The minimum absolute atomic E-state index is 0.412. The van der Waals surface area contributed by atoms with E-state index in [9.17, 15) is 0 Å². The highest BCUT2D eigenvalue weighted by atomic mass is 15.3. The first-order valence-corrected chi connectivity index (χ1v) is 9.58. The molecule has 21 heavy (non-hydrogen) atoms. The first kappa shape index (κ1) is 19.0. The fourth-order valence-electron chi connectivity index (χ4n) is 3.73. The quantitative estimate of drug-likeness (QED) is 0.581. The smallest absolute Gasteiger partial charge is 0.0329 e. The lowest BCUT2D eigenvalue weighted by Crippen LogP contribution is -2.65. The summed E-state index contributed by atoms with van der Waals surface area (Å²) in [6.45, 7) is 15.5. The Morgan fingerprint density at radius 2 is 1.62 bits per heavy atom. The van der Waals surface area contributed by atoms with Gasteiger partial charge in [0.1, 0.15) is 0 Å². The molecule has 2 heteroatoms. The van der Waals surface area contributed by atoms with E-state index in [2.05, 4.69) is 44.8 Å². The summed E-state index contributed by atoms with van der Waals surface area (Å²) in [5.41, 5.74) is 0.412. The van der Waals surface area contributed by atoms with Crippen molar-refractivity contribution in [3.63, 3.8) is 0 Å². The molecule has 0 spiro atoms. The predicted molar refractivity (Wildman–Crippen MR) is 94.9 cm³/mol. The molecular formula is C19H40N2. The molecule has 1 aliphatic heterocycles. The van der Waals surface area contributed by atoms with Crippen LogP contribution in [0.5, 0.6) is 0 Å². The molecule has 1 unspecified atom stereocenters. The van der Waals surface area contributed by atoms with E-state index in [0.717, 1.165) is 5.92 Å². The van der Waals surface area contributed by atoms with Crippen LogP contribution in [0, 0.1) is 5.92 Å². The highest BCUT2D eigenvalue weighted by molar-refractivity contribution is 4.98. The van der Waals surface area contributed by atoms with Crippen molar-refractivity contribution in [1.29, 1.82) is 0 Å². The summed E-state index contributed by atoms with van der Waals surface area (Å²) >= 11 is 0. The van der Waals surface area contributed by atoms with E-state index < -0.39 is 0 Å². The van der Waals surface area contributed by atoms with Gasteiger partial charge < -0.3 is 5.32 Å². The van der Waals surface area contributed by atoms with Crippen molar-refractivity contribution in [2.45, 2.75) is 97.6 Å². The summed E-state index contributed by atoms with van der Waals surface area (Å²) in [5.74, 6) is 0.740. The molecule has 1 saturated heterocycles. The molecular weight excluding hydrogens is 256 g/mol. The highest BCUT2D eigenvalue weighted by Crippen LogP contribution is 2.29. The second kappa shape index (κ2) is 9.84. The van der Waals surface area contributed by atoms with Crippen molar-refractivity contribution in [3.8, 4) is 0 Å². The molecule has 0 bridgehead atoms. The molecule has 126 valence electrons. The van der Waals surface area contributed by atoms with Crippen molar-refractivity contribution in [1.82, 2.24) is 10.2 Å². The van der Waals surface area contributed by atoms with Crippen LogP contribution < -0.4 is 5.32 Å². The molecule has 1 fully saturated rings. The first-order valence-electron chi connectivity index (χ1n) is 9.58. The molecule has 0 radical (unpaired) electrons. The third-order valence-electron chi connectivity index (χ3n) is 5.68. The lowest BCUT2D eigenvalue weighted by Gasteiger charge is -2.50. The number of nitrogens with zero attached hydrogens (tertiary/aromatic N) is 1. The molecule has 1 N–H and O–H groups in total. The third-order valence-corrected chi connectivity index (χ3v) is 5.68. The average Bonchev–Trinajstić information content (AvgIpc) is 2.50. The van der Waals surface area contributed by atoms with Crippen molar-refractivity contribution >= 4 is 0 Å². The van der Waals surface area contributed by atoms with Crippen molar-refractivity contribution in [2.75, 3.05) is 19.6 Å². The summed E-state index contributed by atoms with van der Waals surface area (Å²) in [7, 11) is 0. The first-order chi connectivity index (χ1) is 10.1. The number of piperazine rings is 1. The second-order valence-corrected chi connectivity index (χ2v) is 7.38. The Morgan fingerprint density at radius 1 is 1.00 bits per heavy atom. The van der Waals surface area contributed by atoms with Crippen molar-refractivity contribution in [2.24, 2.45) is 5.92 Å². The van der Waals surface area contributed by atoms with E-state index in [4.69, 9.17) is 0 Å². The summed E-state index contributed by atoms with van der Waals surface area (Å²) in [4.78, 5) is 2.83. The standard InChI is InChI=1S/C19H40N2/c1-6-9-10-11-12-13-14-21-15-18(17(4)5)20-16-19(21,7-2)8-3/h17-18,20H,6-16H2,1-5H3.